The predicted octanol–water partition coefficient (Wildman–Crippen LogP) is 7.76. The van der Waals surface area contributed by atoms with Gasteiger partial charge in [0.2, 0.25) is 0 Å². The van der Waals surface area contributed by atoms with E-state index in [0.717, 1.165) is 46.4 Å². The van der Waals surface area contributed by atoms with Crippen LogP contribution in [0.15, 0.2) is 109 Å². The molecule has 7 nitrogen and oxygen atoms in total. The molecule has 6 rings (SSSR count). The van der Waals surface area contributed by atoms with E-state index in [1.54, 1.807) is 32.4 Å². The first kappa shape index (κ1) is 27.8. The molecule has 0 bridgehead atoms. The fourth-order valence-electron chi connectivity index (χ4n) is 5.42. The molecule has 4 aromatic carbocycles. The number of hydrogen-bond acceptors (Lipinski definition) is 7. The Morgan fingerprint density at radius 1 is 0.605 bits per heavy atom. The Morgan fingerprint density at radius 2 is 1.16 bits per heavy atom. The molecule has 216 valence electrons. The largest absolute Gasteiger partial charge is 0.496 e. The third kappa shape index (κ3) is 5.26. The molecule has 7 heteroatoms. The van der Waals surface area contributed by atoms with Crippen LogP contribution in [-0.4, -0.2) is 27.3 Å². The minimum absolute atomic E-state index is 0.370. The fourth-order valence-corrected chi connectivity index (χ4v) is 5.42. The number of methoxy groups -OCH3 is 2. The average Bonchev–Trinajstić information content (AvgIpc) is 3.04. The van der Waals surface area contributed by atoms with Gasteiger partial charge >= 0.3 is 11.3 Å². The lowest BCUT2D eigenvalue weighted by Crippen LogP contribution is -2.21. The molecule has 0 N–H and O–H groups in total. The van der Waals surface area contributed by atoms with E-state index in [1.165, 1.54) is 0 Å². The van der Waals surface area contributed by atoms with Crippen molar-refractivity contribution in [3.63, 3.8) is 0 Å². The van der Waals surface area contributed by atoms with Crippen LogP contribution in [-0.2, 0) is 0 Å². The van der Waals surface area contributed by atoms with Crippen molar-refractivity contribution in [3.05, 3.63) is 112 Å². The SMILES string of the molecule is CCN(CC)c1ccc2cc(-c3ccc(-c4ccc(-c5cc6c(OC)cc(OC)cc6oc5=O)cc4)cc3)c(=O)oc2c1. The predicted molar refractivity (Wildman–Crippen MR) is 171 cm³/mol. The number of anilines is 1. The molecule has 0 atom stereocenters. The highest BCUT2D eigenvalue weighted by Crippen LogP contribution is 2.33. The van der Waals surface area contributed by atoms with E-state index in [0.29, 0.717) is 39.2 Å². The first-order chi connectivity index (χ1) is 20.9. The minimum Gasteiger partial charge on any atom is -0.496 e. The molecule has 0 spiro atoms. The summed E-state index contributed by atoms with van der Waals surface area (Å²) in [6.45, 7) is 5.96. The van der Waals surface area contributed by atoms with Crippen LogP contribution in [0.3, 0.4) is 0 Å². The fraction of sp³-hybridized carbons (Fsp3) is 0.167. The van der Waals surface area contributed by atoms with Crippen molar-refractivity contribution in [3.8, 4) is 44.9 Å². The average molecular weight is 574 g/mol. The lowest BCUT2D eigenvalue weighted by Gasteiger charge is -2.21. The first-order valence-electron chi connectivity index (χ1n) is 14.2. The van der Waals surface area contributed by atoms with Gasteiger partial charge in [-0.15, -0.1) is 0 Å². The lowest BCUT2D eigenvalue weighted by molar-refractivity contribution is 0.396. The summed E-state index contributed by atoms with van der Waals surface area (Å²) in [5.74, 6) is 1.10. The number of benzene rings is 4. The second kappa shape index (κ2) is 11.5. The molecule has 0 fully saturated rings. The van der Waals surface area contributed by atoms with Gasteiger partial charge in [-0.2, -0.15) is 0 Å². The van der Waals surface area contributed by atoms with Crippen molar-refractivity contribution < 1.29 is 18.3 Å². The van der Waals surface area contributed by atoms with Gasteiger partial charge in [0.25, 0.3) is 0 Å². The van der Waals surface area contributed by atoms with Crippen LogP contribution >= 0.6 is 0 Å². The molecule has 2 aromatic heterocycles. The Kier molecular flexibility index (Phi) is 7.47. The summed E-state index contributed by atoms with van der Waals surface area (Å²) in [4.78, 5) is 28.0. The zero-order chi connectivity index (χ0) is 30.1. The van der Waals surface area contributed by atoms with Crippen molar-refractivity contribution >= 4 is 27.6 Å². The summed E-state index contributed by atoms with van der Waals surface area (Å²) >= 11 is 0. The number of hydrogen-bond donors (Lipinski definition) is 0. The summed E-state index contributed by atoms with van der Waals surface area (Å²) in [7, 11) is 3.11. The van der Waals surface area contributed by atoms with Crippen LogP contribution in [0, 0.1) is 0 Å². The van der Waals surface area contributed by atoms with Crippen LogP contribution < -0.4 is 25.6 Å². The summed E-state index contributed by atoms with van der Waals surface area (Å²) < 4.78 is 22.1. The summed E-state index contributed by atoms with van der Waals surface area (Å²) in [5.41, 5.74) is 5.59. The minimum atomic E-state index is -0.446. The molecule has 0 saturated carbocycles. The molecule has 0 radical (unpaired) electrons. The Hall–Kier alpha value is -5.30. The van der Waals surface area contributed by atoms with Gasteiger partial charge in [-0.1, -0.05) is 48.5 Å². The summed E-state index contributed by atoms with van der Waals surface area (Å²) in [5, 5.41) is 1.56. The first-order valence-corrected chi connectivity index (χ1v) is 14.2. The molecule has 0 aliphatic rings. The molecule has 0 aliphatic carbocycles. The number of rotatable bonds is 8. The van der Waals surface area contributed by atoms with Crippen LogP contribution in [0.2, 0.25) is 0 Å². The molecule has 43 heavy (non-hydrogen) atoms. The van der Waals surface area contributed by atoms with Crippen molar-refractivity contribution in [1.82, 2.24) is 0 Å². The second-order valence-corrected chi connectivity index (χ2v) is 10.2. The van der Waals surface area contributed by atoms with E-state index in [-0.39, 0.29) is 5.63 Å². The van der Waals surface area contributed by atoms with Gasteiger partial charge in [-0.25, -0.2) is 9.59 Å². The van der Waals surface area contributed by atoms with Crippen molar-refractivity contribution in [2.75, 3.05) is 32.2 Å². The van der Waals surface area contributed by atoms with Crippen molar-refractivity contribution in [2.45, 2.75) is 13.8 Å². The summed E-state index contributed by atoms with van der Waals surface area (Å²) in [6.07, 6.45) is 0. The molecular weight excluding hydrogens is 542 g/mol. The van der Waals surface area contributed by atoms with Crippen molar-refractivity contribution in [1.29, 1.82) is 0 Å². The Morgan fingerprint density at radius 3 is 1.72 bits per heavy atom. The molecule has 0 saturated heterocycles. The van der Waals surface area contributed by atoms with E-state index in [1.807, 2.05) is 66.7 Å². The molecule has 0 aliphatic heterocycles. The van der Waals surface area contributed by atoms with Gasteiger partial charge in [-0.05, 0) is 60.4 Å². The van der Waals surface area contributed by atoms with E-state index < -0.39 is 5.63 Å². The highest BCUT2D eigenvalue weighted by Gasteiger charge is 2.14. The maximum atomic E-state index is 12.9. The van der Waals surface area contributed by atoms with E-state index in [2.05, 4.69) is 24.8 Å². The standard InChI is InChI=1S/C36H31NO6/c1-5-37(6-2)27-16-15-26-17-29(35(38)42-32(26)18-27)24-11-7-22(8-12-24)23-9-13-25(14-10-23)30-21-31-33(41-4)19-28(40-3)20-34(31)43-36(30)39/h7-21H,5-6H2,1-4H3. The molecule has 6 aromatic rings. The van der Waals surface area contributed by atoms with Gasteiger partial charge in [-0.3, -0.25) is 0 Å². The van der Waals surface area contributed by atoms with Gasteiger partial charge in [0.05, 0.1) is 30.7 Å². The number of fused-ring (bicyclic) bond motifs is 2. The topological polar surface area (TPSA) is 82.1 Å². The van der Waals surface area contributed by atoms with E-state index in [4.69, 9.17) is 18.3 Å². The number of ether oxygens (including phenoxy) is 2. The van der Waals surface area contributed by atoms with Crippen LogP contribution in [0.25, 0.3) is 55.3 Å². The Balaban J connectivity index is 1.28. The third-order valence-corrected chi connectivity index (χ3v) is 7.82. The van der Waals surface area contributed by atoms with Gasteiger partial charge in [0, 0.05) is 42.4 Å². The van der Waals surface area contributed by atoms with Crippen LogP contribution in [0.4, 0.5) is 5.69 Å². The van der Waals surface area contributed by atoms with Crippen LogP contribution in [0.5, 0.6) is 11.5 Å². The molecule has 2 heterocycles. The van der Waals surface area contributed by atoms with E-state index >= 15 is 0 Å². The molecule has 0 unspecified atom stereocenters. The highest BCUT2D eigenvalue weighted by atomic mass is 16.5. The van der Waals surface area contributed by atoms with Crippen molar-refractivity contribution in [2.24, 2.45) is 0 Å². The van der Waals surface area contributed by atoms with Gasteiger partial charge in [0.1, 0.15) is 22.7 Å². The number of nitrogens with zero attached hydrogens (tertiary/aromatic N) is 1. The third-order valence-electron chi connectivity index (χ3n) is 7.82. The molecule has 0 amide bonds. The lowest BCUT2D eigenvalue weighted by atomic mass is 9.98. The smallest absolute Gasteiger partial charge is 0.344 e. The summed E-state index contributed by atoms with van der Waals surface area (Å²) in [6, 6.07) is 28.5. The monoisotopic (exact) mass is 573 g/mol. The van der Waals surface area contributed by atoms with Gasteiger partial charge in [0.15, 0.2) is 0 Å². The van der Waals surface area contributed by atoms with Crippen LogP contribution in [0.1, 0.15) is 13.8 Å². The van der Waals surface area contributed by atoms with Gasteiger partial charge < -0.3 is 23.2 Å². The quantitative estimate of drug-likeness (QED) is 0.172. The normalized spacial score (nSPS) is 11.2. The second-order valence-electron chi connectivity index (χ2n) is 10.2. The van der Waals surface area contributed by atoms with E-state index in [9.17, 15) is 9.59 Å². The maximum absolute atomic E-state index is 12.9. The molecular formula is C36H31NO6. The zero-order valence-corrected chi connectivity index (χ0v) is 24.5. The zero-order valence-electron chi connectivity index (χ0n) is 24.5. The maximum Gasteiger partial charge on any atom is 0.344 e. The Bertz CT molecular complexity index is 2050. The highest BCUT2D eigenvalue weighted by molar-refractivity contribution is 5.89. The Labute approximate surface area is 248 Å².